The summed E-state index contributed by atoms with van der Waals surface area (Å²) in [7, 11) is 4.25. The number of carbonyl (C=O) groups is 1. The number of rotatable bonds is 8. The Morgan fingerprint density at radius 3 is 2.63 bits per heavy atom. The molecule has 1 aromatic rings. The number of nitrogens with one attached hydrogen (secondary N) is 1. The Morgan fingerprint density at radius 2 is 2.00 bits per heavy atom. The standard InChI is InChI=1S/C23H41N5O2/c1-17(2)14-28-20-8-7-18(24-15-23(3,4)16-26(5)6)13-19(20)21(25-28)22(29)27-9-11-30-12-10-27/h17-18,24H,7-16H2,1-6H3. The van der Waals surface area contributed by atoms with Gasteiger partial charge in [0.1, 0.15) is 0 Å². The van der Waals surface area contributed by atoms with E-state index in [2.05, 4.69) is 56.7 Å². The fraction of sp³-hybridized carbons (Fsp3) is 0.826. The lowest BCUT2D eigenvalue weighted by Crippen LogP contribution is -2.44. The van der Waals surface area contributed by atoms with Crippen molar-refractivity contribution in [1.82, 2.24) is 24.9 Å². The van der Waals surface area contributed by atoms with Crippen molar-refractivity contribution in [3.63, 3.8) is 0 Å². The molecule has 0 saturated carbocycles. The maximum absolute atomic E-state index is 13.3. The zero-order valence-electron chi connectivity index (χ0n) is 19.8. The van der Waals surface area contributed by atoms with Crippen molar-refractivity contribution in [2.75, 3.05) is 53.5 Å². The minimum Gasteiger partial charge on any atom is -0.378 e. The lowest BCUT2D eigenvalue weighted by molar-refractivity contribution is 0.0297. The molecule has 1 N–H and O–H groups in total. The number of carbonyl (C=O) groups excluding carboxylic acids is 1. The van der Waals surface area contributed by atoms with Crippen molar-refractivity contribution in [2.24, 2.45) is 11.3 Å². The Kier molecular flexibility index (Phi) is 7.58. The molecule has 0 aromatic carbocycles. The van der Waals surface area contributed by atoms with Crippen LogP contribution < -0.4 is 5.32 Å². The second kappa shape index (κ2) is 9.79. The van der Waals surface area contributed by atoms with Gasteiger partial charge in [-0.15, -0.1) is 0 Å². The Labute approximate surface area is 182 Å². The van der Waals surface area contributed by atoms with E-state index in [1.165, 1.54) is 11.3 Å². The van der Waals surface area contributed by atoms with Crippen molar-refractivity contribution in [3.05, 3.63) is 17.0 Å². The molecule has 1 amide bonds. The molecule has 7 nitrogen and oxygen atoms in total. The highest BCUT2D eigenvalue weighted by molar-refractivity contribution is 5.94. The van der Waals surface area contributed by atoms with Gasteiger partial charge in [-0.25, -0.2) is 0 Å². The molecule has 0 bridgehead atoms. The van der Waals surface area contributed by atoms with E-state index in [4.69, 9.17) is 9.84 Å². The van der Waals surface area contributed by atoms with E-state index < -0.39 is 0 Å². The topological polar surface area (TPSA) is 62.6 Å². The Bertz CT molecular complexity index is 719. The van der Waals surface area contributed by atoms with Crippen LogP contribution in [0.3, 0.4) is 0 Å². The van der Waals surface area contributed by atoms with Gasteiger partial charge in [-0.1, -0.05) is 27.7 Å². The molecule has 1 saturated heterocycles. The predicted molar refractivity (Wildman–Crippen MR) is 120 cm³/mol. The predicted octanol–water partition coefficient (Wildman–Crippen LogP) is 2.05. The maximum Gasteiger partial charge on any atom is 0.274 e. The number of nitrogens with zero attached hydrogens (tertiary/aromatic N) is 4. The van der Waals surface area contributed by atoms with Gasteiger partial charge >= 0.3 is 0 Å². The summed E-state index contributed by atoms with van der Waals surface area (Å²) in [5, 5.41) is 8.64. The second-order valence-corrected chi connectivity index (χ2v) is 10.5. The number of hydrogen-bond acceptors (Lipinski definition) is 5. The normalized spacial score (nSPS) is 20.1. The smallest absolute Gasteiger partial charge is 0.274 e. The van der Waals surface area contributed by atoms with E-state index in [0.717, 1.165) is 38.9 Å². The van der Waals surface area contributed by atoms with Crippen LogP contribution in [0.4, 0.5) is 0 Å². The molecule has 0 spiro atoms. The molecule has 2 aliphatic rings. The molecule has 0 radical (unpaired) electrons. The summed E-state index contributed by atoms with van der Waals surface area (Å²) in [6.07, 6.45) is 2.97. The monoisotopic (exact) mass is 419 g/mol. The summed E-state index contributed by atoms with van der Waals surface area (Å²) in [6, 6.07) is 0.395. The number of amides is 1. The molecular formula is C23H41N5O2. The lowest BCUT2D eigenvalue weighted by atomic mass is 9.88. The molecule has 30 heavy (non-hydrogen) atoms. The molecule has 1 fully saturated rings. The van der Waals surface area contributed by atoms with Gasteiger partial charge in [-0.3, -0.25) is 9.48 Å². The van der Waals surface area contributed by atoms with Crippen LogP contribution in [0.15, 0.2) is 0 Å². The molecule has 7 heteroatoms. The van der Waals surface area contributed by atoms with E-state index in [0.29, 0.717) is 44.0 Å². The number of ether oxygens (including phenoxy) is 1. The van der Waals surface area contributed by atoms with Crippen LogP contribution in [0.25, 0.3) is 0 Å². The summed E-state index contributed by atoms with van der Waals surface area (Å²) < 4.78 is 7.54. The Hall–Kier alpha value is -1.44. The largest absolute Gasteiger partial charge is 0.378 e. The van der Waals surface area contributed by atoms with Gasteiger partial charge < -0.3 is 19.9 Å². The zero-order chi connectivity index (χ0) is 21.9. The van der Waals surface area contributed by atoms with Gasteiger partial charge in [0.2, 0.25) is 0 Å². The minimum absolute atomic E-state index is 0.0747. The number of hydrogen-bond donors (Lipinski definition) is 1. The zero-order valence-corrected chi connectivity index (χ0v) is 19.8. The summed E-state index contributed by atoms with van der Waals surface area (Å²) >= 11 is 0. The van der Waals surface area contributed by atoms with Crippen molar-refractivity contribution >= 4 is 5.91 Å². The third kappa shape index (κ3) is 5.83. The average molecular weight is 420 g/mol. The summed E-state index contributed by atoms with van der Waals surface area (Å²) in [5.74, 6) is 0.577. The lowest BCUT2D eigenvalue weighted by Gasteiger charge is -2.32. The quantitative estimate of drug-likeness (QED) is 0.699. The Morgan fingerprint density at radius 1 is 1.30 bits per heavy atom. The van der Waals surface area contributed by atoms with Gasteiger partial charge in [0.25, 0.3) is 5.91 Å². The van der Waals surface area contributed by atoms with Crippen LogP contribution in [0, 0.1) is 11.3 Å². The highest BCUT2D eigenvalue weighted by atomic mass is 16.5. The van der Waals surface area contributed by atoms with Crippen LogP contribution >= 0.6 is 0 Å². The van der Waals surface area contributed by atoms with Crippen LogP contribution in [-0.2, 0) is 24.1 Å². The van der Waals surface area contributed by atoms with Crippen LogP contribution in [-0.4, -0.2) is 85.0 Å². The first-order valence-electron chi connectivity index (χ1n) is 11.5. The molecule has 2 heterocycles. The van der Waals surface area contributed by atoms with Crippen molar-refractivity contribution < 1.29 is 9.53 Å². The van der Waals surface area contributed by atoms with Gasteiger partial charge in [-0.2, -0.15) is 5.10 Å². The molecule has 3 rings (SSSR count). The fourth-order valence-electron chi connectivity index (χ4n) is 4.78. The van der Waals surface area contributed by atoms with Crippen LogP contribution in [0.2, 0.25) is 0 Å². The molecule has 1 aliphatic carbocycles. The summed E-state index contributed by atoms with van der Waals surface area (Å²) in [6.45, 7) is 14.5. The van der Waals surface area contributed by atoms with E-state index in [1.807, 2.05) is 4.90 Å². The van der Waals surface area contributed by atoms with E-state index in [9.17, 15) is 4.79 Å². The average Bonchev–Trinajstić information content (AvgIpc) is 3.03. The van der Waals surface area contributed by atoms with Crippen molar-refractivity contribution in [1.29, 1.82) is 0 Å². The third-order valence-corrected chi connectivity index (χ3v) is 6.00. The number of aromatic nitrogens is 2. The fourth-order valence-corrected chi connectivity index (χ4v) is 4.78. The van der Waals surface area contributed by atoms with Gasteiger partial charge in [0, 0.05) is 50.0 Å². The minimum atomic E-state index is 0.0747. The van der Waals surface area contributed by atoms with Crippen molar-refractivity contribution in [2.45, 2.75) is 59.5 Å². The third-order valence-electron chi connectivity index (χ3n) is 6.00. The highest BCUT2D eigenvalue weighted by Gasteiger charge is 2.32. The molecule has 1 aromatic heterocycles. The highest BCUT2D eigenvalue weighted by Crippen LogP contribution is 2.27. The first kappa shape index (κ1) is 23.2. The number of morpholine rings is 1. The SMILES string of the molecule is CC(C)Cn1nc(C(=O)N2CCOCC2)c2c1CCC(NCC(C)(C)CN(C)C)C2. The van der Waals surface area contributed by atoms with Gasteiger partial charge in [-0.05, 0) is 44.7 Å². The molecule has 1 atom stereocenters. The Balaban J connectivity index is 1.76. The van der Waals surface area contributed by atoms with Crippen LogP contribution in [0.5, 0.6) is 0 Å². The second-order valence-electron chi connectivity index (χ2n) is 10.5. The molecule has 1 unspecified atom stereocenters. The molecule has 170 valence electrons. The number of fused-ring (bicyclic) bond motifs is 1. The van der Waals surface area contributed by atoms with Crippen molar-refractivity contribution in [3.8, 4) is 0 Å². The first-order valence-corrected chi connectivity index (χ1v) is 11.5. The molecule has 1 aliphatic heterocycles. The van der Waals surface area contributed by atoms with Gasteiger partial charge in [0.15, 0.2) is 5.69 Å². The summed E-state index contributed by atoms with van der Waals surface area (Å²) in [5.41, 5.74) is 3.32. The summed E-state index contributed by atoms with van der Waals surface area (Å²) in [4.78, 5) is 17.4. The van der Waals surface area contributed by atoms with E-state index in [-0.39, 0.29) is 11.3 Å². The first-order chi connectivity index (χ1) is 14.2. The maximum atomic E-state index is 13.3. The molecular weight excluding hydrogens is 378 g/mol. The van der Waals surface area contributed by atoms with Crippen LogP contribution in [0.1, 0.15) is 55.9 Å². The van der Waals surface area contributed by atoms with E-state index >= 15 is 0 Å². The van der Waals surface area contributed by atoms with Gasteiger partial charge in [0.05, 0.1) is 13.2 Å². The van der Waals surface area contributed by atoms with E-state index in [1.54, 1.807) is 0 Å².